The largest absolute Gasteiger partial charge is 0.0807 e. The van der Waals surface area contributed by atoms with Crippen LogP contribution in [0.1, 0.15) is 33.1 Å². The Kier molecular flexibility index (Phi) is 2.39. The van der Waals surface area contributed by atoms with Gasteiger partial charge in [0.15, 0.2) is 0 Å². The highest BCUT2D eigenvalue weighted by Gasteiger charge is 2.17. The normalized spacial score (nSPS) is 26.8. The molecule has 13 heavy (non-hydrogen) atoms. The lowest BCUT2D eigenvalue weighted by Gasteiger charge is -2.24. The third kappa shape index (κ3) is 1.77. The number of fused-ring (bicyclic) bond motifs is 1. The van der Waals surface area contributed by atoms with E-state index in [9.17, 15) is 0 Å². The van der Waals surface area contributed by atoms with Crippen molar-refractivity contribution in [1.29, 1.82) is 0 Å². The van der Waals surface area contributed by atoms with E-state index in [2.05, 4.69) is 38.2 Å². The van der Waals surface area contributed by atoms with Gasteiger partial charge in [0.2, 0.25) is 0 Å². The summed E-state index contributed by atoms with van der Waals surface area (Å²) >= 11 is 0. The van der Waals surface area contributed by atoms with Crippen LogP contribution in [0.15, 0.2) is 35.5 Å². The molecule has 0 fully saturated rings. The second-order valence-corrected chi connectivity index (χ2v) is 4.40. The molecule has 0 saturated carbocycles. The summed E-state index contributed by atoms with van der Waals surface area (Å²) in [5.74, 6) is 1.40. The highest BCUT2D eigenvalue weighted by molar-refractivity contribution is 5.40. The van der Waals surface area contributed by atoms with Gasteiger partial charge in [-0.2, -0.15) is 0 Å². The minimum atomic E-state index is 0.667. The van der Waals surface area contributed by atoms with Crippen molar-refractivity contribution in [3.8, 4) is 0 Å². The van der Waals surface area contributed by atoms with Crippen molar-refractivity contribution in [3.05, 3.63) is 35.5 Å². The van der Waals surface area contributed by atoms with Crippen molar-refractivity contribution in [2.45, 2.75) is 33.1 Å². The fraction of sp³-hybridized carbons (Fsp3) is 0.538. The lowest BCUT2D eigenvalue weighted by atomic mass is 9.81. The summed E-state index contributed by atoms with van der Waals surface area (Å²) in [6.45, 7) is 4.53. The van der Waals surface area contributed by atoms with E-state index in [1.54, 1.807) is 5.57 Å². The molecular formula is C13H18. The average Bonchev–Trinajstić information content (AvgIpc) is 2.17. The third-order valence-corrected chi connectivity index (χ3v) is 3.05. The summed E-state index contributed by atoms with van der Waals surface area (Å²) in [6.07, 6.45) is 13.5. The monoisotopic (exact) mass is 174 g/mol. The molecule has 0 aromatic heterocycles. The minimum Gasteiger partial charge on any atom is -0.0807 e. The van der Waals surface area contributed by atoms with Gasteiger partial charge in [-0.15, -0.1) is 0 Å². The maximum Gasteiger partial charge on any atom is 0.00182 e. The first-order valence-corrected chi connectivity index (χ1v) is 5.37. The third-order valence-electron chi connectivity index (χ3n) is 3.05. The molecular weight excluding hydrogens is 156 g/mol. The Balaban J connectivity index is 2.24. The Labute approximate surface area is 81.0 Å². The van der Waals surface area contributed by atoms with E-state index in [0.717, 1.165) is 5.92 Å². The molecule has 0 aromatic rings. The van der Waals surface area contributed by atoms with Crippen LogP contribution in [-0.2, 0) is 0 Å². The van der Waals surface area contributed by atoms with Crippen LogP contribution in [0.3, 0.4) is 0 Å². The zero-order valence-corrected chi connectivity index (χ0v) is 8.59. The molecule has 1 unspecified atom stereocenters. The van der Waals surface area contributed by atoms with Gasteiger partial charge in [-0.3, -0.25) is 0 Å². The molecule has 0 heteroatoms. The van der Waals surface area contributed by atoms with E-state index in [1.165, 1.54) is 24.8 Å². The predicted octanol–water partition coefficient (Wildman–Crippen LogP) is 3.87. The zero-order valence-electron chi connectivity index (χ0n) is 8.59. The van der Waals surface area contributed by atoms with Crippen molar-refractivity contribution in [3.63, 3.8) is 0 Å². The molecule has 2 aliphatic carbocycles. The van der Waals surface area contributed by atoms with Crippen molar-refractivity contribution >= 4 is 0 Å². The molecule has 2 aliphatic rings. The van der Waals surface area contributed by atoms with Crippen molar-refractivity contribution in [2.75, 3.05) is 0 Å². The van der Waals surface area contributed by atoms with Crippen molar-refractivity contribution in [2.24, 2.45) is 11.8 Å². The van der Waals surface area contributed by atoms with E-state index < -0.39 is 0 Å². The number of hydrogen-bond acceptors (Lipinski definition) is 0. The van der Waals surface area contributed by atoms with Crippen molar-refractivity contribution < 1.29 is 0 Å². The van der Waals surface area contributed by atoms with E-state index in [0.29, 0.717) is 5.92 Å². The van der Waals surface area contributed by atoms with Crippen LogP contribution in [0.2, 0.25) is 0 Å². The minimum absolute atomic E-state index is 0.667. The second-order valence-electron chi connectivity index (χ2n) is 4.40. The first-order chi connectivity index (χ1) is 6.27. The lowest BCUT2D eigenvalue weighted by Crippen LogP contribution is -2.09. The topological polar surface area (TPSA) is 0 Å². The van der Waals surface area contributed by atoms with E-state index in [4.69, 9.17) is 0 Å². The van der Waals surface area contributed by atoms with Crippen LogP contribution in [-0.4, -0.2) is 0 Å². The Hall–Kier alpha value is -0.780. The van der Waals surface area contributed by atoms with E-state index >= 15 is 0 Å². The standard InChI is InChI=1S/C13H18/c1-10(2)12-8-7-11-5-3-4-6-13(11)9-12/h6-11H,3-5H2,1-2H3. The van der Waals surface area contributed by atoms with Gasteiger partial charge in [0.25, 0.3) is 0 Å². The van der Waals surface area contributed by atoms with Gasteiger partial charge in [-0.1, -0.05) is 38.2 Å². The van der Waals surface area contributed by atoms with Crippen molar-refractivity contribution in [1.82, 2.24) is 0 Å². The molecule has 1 atom stereocenters. The van der Waals surface area contributed by atoms with E-state index in [-0.39, 0.29) is 0 Å². The fourth-order valence-electron chi connectivity index (χ4n) is 2.12. The van der Waals surface area contributed by atoms with Gasteiger partial charge in [-0.25, -0.2) is 0 Å². The number of hydrogen-bond donors (Lipinski definition) is 0. The summed E-state index contributed by atoms with van der Waals surface area (Å²) in [6, 6.07) is 0. The summed E-state index contributed by atoms with van der Waals surface area (Å²) in [5.41, 5.74) is 3.06. The molecule has 0 nitrogen and oxygen atoms in total. The van der Waals surface area contributed by atoms with Gasteiger partial charge in [0.1, 0.15) is 0 Å². The molecule has 0 aliphatic heterocycles. The molecule has 0 heterocycles. The van der Waals surface area contributed by atoms with Crippen LogP contribution < -0.4 is 0 Å². The molecule has 70 valence electrons. The summed E-state index contributed by atoms with van der Waals surface area (Å²) < 4.78 is 0. The van der Waals surface area contributed by atoms with Gasteiger partial charge in [0.05, 0.1) is 0 Å². The lowest BCUT2D eigenvalue weighted by molar-refractivity contribution is 0.601. The van der Waals surface area contributed by atoms with E-state index in [1.807, 2.05) is 0 Å². The highest BCUT2D eigenvalue weighted by atomic mass is 14.2. The van der Waals surface area contributed by atoms with Crippen LogP contribution in [0.5, 0.6) is 0 Å². The first kappa shape index (κ1) is 8.80. The maximum atomic E-state index is 2.42. The predicted molar refractivity (Wildman–Crippen MR) is 57.5 cm³/mol. The van der Waals surface area contributed by atoms with Crippen LogP contribution in [0.4, 0.5) is 0 Å². The average molecular weight is 174 g/mol. The maximum absolute atomic E-state index is 2.42. The first-order valence-electron chi connectivity index (χ1n) is 5.37. The summed E-state index contributed by atoms with van der Waals surface area (Å²) in [4.78, 5) is 0. The summed E-state index contributed by atoms with van der Waals surface area (Å²) in [5, 5.41) is 0. The van der Waals surface area contributed by atoms with Gasteiger partial charge >= 0.3 is 0 Å². The van der Waals surface area contributed by atoms with Gasteiger partial charge in [0, 0.05) is 5.92 Å². The Morgan fingerprint density at radius 2 is 2.23 bits per heavy atom. The highest BCUT2D eigenvalue weighted by Crippen LogP contribution is 2.32. The molecule has 0 radical (unpaired) electrons. The fourth-order valence-corrected chi connectivity index (χ4v) is 2.12. The van der Waals surface area contributed by atoms with Crippen LogP contribution in [0, 0.1) is 11.8 Å². The van der Waals surface area contributed by atoms with Crippen LogP contribution in [0.25, 0.3) is 0 Å². The zero-order chi connectivity index (χ0) is 9.26. The number of rotatable bonds is 1. The Morgan fingerprint density at radius 1 is 1.38 bits per heavy atom. The van der Waals surface area contributed by atoms with Gasteiger partial charge < -0.3 is 0 Å². The van der Waals surface area contributed by atoms with Crippen LogP contribution >= 0.6 is 0 Å². The quantitative estimate of drug-likeness (QED) is 0.566. The van der Waals surface area contributed by atoms with Gasteiger partial charge in [-0.05, 0) is 36.3 Å². The molecule has 0 amide bonds. The Bertz CT molecular complexity index is 276. The smallest absolute Gasteiger partial charge is 0.00182 e. The second kappa shape index (κ2) is 3.53. The molecule has 0 spiro atoms. The molecule has 2 rings (SSSR count). The molecule has 0 aromatic carbocycles. The summed E-state index contributed by atoms with van der Waals surface area (Å²) in [7, 11) is 0. The molecule has 0 N–H and O–H groups in total. The molecule has 0 bridgehead atoms. The SMILES string of the molecule is CC(C)C1=CC2=CCCCC2C=C1. The molecule has 0 saturated heterocycles. The Morgan fingerprint density at radius 3 is 3.00 bits per heavy atom. The number of allylic oxidation sites excluding steroid dienone is 6.